The number of piperidine rings is 1. The molecule has 8 heteroatoms. The van der Waals surface area contributed by atoms with E-state index in [9.17, 15) is 9.90 Å². The Labute approximate surface area is 237 Å². The van der Waals surface area contributed by atoms with Gasteiger partial charge in [-0.3, -0.25) is 9.97 Å². The minimum atomic E-state index is -1.16. The van der Waals surface area contributed by atoms with E-state index >= 15 is 0 Å². The minimum absolute atomic E-state index is 0.229. The summed E-state index contributed by atoms with van der Waals surface area (Å²) < 4.78 is 17.4. The zero-order valence-electron chi connectivity index (χ0n) is 24.7. The normalized spacial score (nSPS) is 15.9. The van der Waals surface area contributed by atoms with Gasteiger partial charge in [0.15, 0.2) is 6.10 Å². The molecule has 0 saturated carbocycles. The molecule has 3 heterocycles. The second-order valence-corrected chi connectivity index (χ2v) is 12.1. The average molecular weight is 548 g/mol. The number of aryl methyl sites for hydroxylation is 1. The van der Waals surface area contributed by atoms with E-state index in [4.69, 9.17) is 19.2 Å². The number of benzene rings is 1. The third-order valence-electron chi connectivity index (χ3n) is 7.23. The minimum Gasteiger partial charge on any atom is -0.497 e. The number of nitrogens with zero attached hydrogens (tertiary/aromatic N) is 3. The van der Waals surface area contributed by atoms with Crippen LogP contribution in [-0.4, -0.2) is 46.8 Å². The van der Waals surface area contributed by atoms with Gasteiger partial charge in [0.25, 0.3) is 0 Å². The Balaban J connectivity index is 1.71. The maximum absolute atomic E-state index is 12.6. The molecule has 0 aliphatic carbocycles. The van der Waals surface area contributed by atoms with Crippen LogP contribution in [0.3, 0.4) is 0 Å². The molecule has 3 aromatic rings. The predicted octanol–water partition coefficient (Wildman–Crippen LogP) is 6.61. The first-order chi connectivity index (χ1) is 18.9. The molecule has 2 aromatic heterocycles. The summed E-state index contributed by atoms with van der Waals surface area (Å²) in [5.41, 5.74) is 4.09. The molecular formula is C32H41N3O5. The Morgan fingerprint density at radius 3 is 2.40 bits per heavy atom. The summed E-state index contributed by atoms with van der Waals surface area (Å²) in [6, 6.07) is 11.5. The highest BCUT2D eigenvalue weighted by molar-refractivity contribution is 5.85. The van der Waals surface area contributed by atoms with Crippen molar-refractivity contribution in [1.29, 1.82) is 0 Å². The molecular weight excluding hydrogens is 506 g/mol. The maximum Gasteiger partial charge on any atom is 0.337 e. The summed E-state index contributed by atoms with van der Waals surface area (Å²) in [6.07, 6.45) is 4.31. The highest BCUT2D eigenvalue weighted by atomic mass is 16.5. The number of anilines is 1. The van der Waals surface area contributed by atoms with E-state index in [-0.39, 0.29) is 5.41 Å². The van der Waals surface area contributed by atoms with E-state index < -0.39 is 17.7 Å². The number of aromatic nitrogens is 2. The van der Waals surface area contributed by atoms with Gasteiger partial charge >= 0.3 is 5.97 Å². The summed E-state index contributed by atoms with van der Waals surface area (Å²) in [5, 5.41) is 10.3. The molecule has 0 bridgehead atoms. The molecule has 1 saturated heterocycles. The summed E-state index contributed by atoms with van der Waals surface area (Å²) in [4.78, 5) is 24.2. The van der Waals surface area contributed by atoms with Gasteiger partial charge in [-0.25, -0.2) is 4.79 Å². The lowest BCUT2D eigenvalue weighted by atomic mass is 9.82. The first-order valence-corrected chi connectivity index (χ1v) is 13.7. The number of ether oxygens (including phenoxy) is 3. The van der Waals surface area contributed by atoms with Crippen molar-refractivity contribution in [1.82, 2.24) is 9.97 Å². The average Bonchev–Trinajstić information content (AvgIpc) is 2.90. The van der Waals surface area contributed by atoms with E-state index in [1.54, 1.807) is 19.5 Å². The zero-order valence-corrected chi connectivity index (χ0v) is 24.7. The lowest BCUT2D eigenvalue weighted by Gasteiger charge is -2.40. The first kappa shape index (κ1) is 29.3. The number of carboxylic acids is 1. The molecule has 1 aromatic carbocycles. The van der Waals surface area contributed by atoms with E-state index in [0.717, 1.165) is 48.5 Å². The number of hydrogen-bond acceptors (Lipinski definition) is 7. The van der Waals surface area contributed by atoms with Crippen LogP contribution in [0.2, 0.25) is 0 Å². The highest BCUT2D eigenvalue weighted by Crippen LogP contribution is 2.43. The second-order valence-electron chi connectivity index (χ2n) is 12.1. The number of methoxy groups -OCH3 is 1. The van der Waals surface area contributed by atoms with Crippen LogP contribution in [0.5, 0.6) is 11.5 Å². The summed E-state index contributed by atoms with van der Waals surface area (Å²) >= 11 is 0. The summed E-state index contributed by atoms with van der Waals surface area (Å²) in [7, 11) is 1.64. The SMILES string of the molecule is COc1cccc(COc2ccc(-c3cnc(C)c([C@H](OC(C)(C)C)C(=O)O)c3N3CCC(C)(C)CC3)nc2)c1. The van der Waals surface area contributed by atoms with Crippen molar-refractivity contribution < 1.29 is 24.1 Å². The van der Waals surface area contributed by atoms with E-state index in [1.165, 1.54) is 0 Å². The lowest BCUT2D eigenvalue weighted by molar-refractivity contribution is -0.160. The van der Waals surface area contributed by atoms with Crippen LogP contribution < -0.4 is 14.4 Å². The molecule has 1 aliphatic heterocycles. The number of rotatable bonds is 9. The third kappa shape index (κ3) is 7.10. The van der Waals surface area contributed by atoms with Crippen molar-refractivity contribution in [3.05, 3.63) is 65.6 Å². The number of pyridine rings is 2. The van der Waals surface area contributed by atoms with Gasteiger partial charge in [-0.15, -0.1) is 0 Å². The van der Waals surface area contributed by atoms with Gasteiger partial charge in [0.2, 0.25) is 0 Å². The van der Waals surface area contributed by atoms with Crippen LogP contribution in [0.4, 0.5) is 5.69 Å². The van der Waals surface area contributed by atoms with Gasteiger partial charge in [0, 0.05) is 36.1 Å². The molecule has 8 nitrogen and oxygen atoms in total. The molecule has 1 fully saturated rings. The van der Waals surface area contributed by atoms with Crippen LogP contribution >= 0.6 is 0 Å². The number of carbonyl (C=O) groups is 1. The molecule has 214 valence electrons. The smallest absolute Gasteiger partial charge is 0.337 e. The van der Waals surface area contributed by atoms with Crippen molar-refractivity contribution in [3.63, 3.8) is 0 Å². The summed E-state index contributed by atoms with van der Waals surface area (Å²) in [6.45, 7) is 14.0. The van der Waals surface area contributed by atoms with Gasteiger partial charge in [-0.1, -0.05) is 26.0 Å². The number of carboxylic acid groups (broad SMARTS) is 1. The van der Waals surface area contributed by atoms with Crippen molar-refractivity contribution >= 4 is 11.7 Å². The van der Waals surface area contributed by atoms with Crippen LogP contribution in [0.1, 0.15) is 70.4 Å². The fourth-order valence-corrected chi connectivity index (χ4v) is 4.93. The zero-order chi connectivity index (χ0) is 29.1. The largest absolute Gasteiger partial charge is 0.497 e. The standard InChI is InChI=1S/C32H41N3O5/c1-21-27(29(30(36)37)40-31(2,3)4)28(35-15-13-32(5,6)14-16-35)25(19-33-21)26-12-11-24(18-34-26)39-20-22-9-8-10-23(17-22)38-7/h8-12,17-19,29H,13-16,20H2,1-7H3,(H,36,37)/t29-/m0/s1. The Bertz CT molecular complexity index is 1320. The molecule has 40 heavy (non-hydrogen) atoms. The monoisotopic (exact) mass is 547 g/mol. The van der Waals surface area contributed by atoms with Crippen LogP contribution in [0, 0.1) is 12.3 Å². The van der Waals surface area contributed by atoms with Gasteiger partial charge in [-0.05, 0) is 75.8 Å². The van der Waals surface area contributed by atoms with Crippen molar-refractivity contribution in [2.24, 2.45) is 5.41 Å². The topological polar surface area (TPSA) is 94.0 Å². The molecule has 0 radical (unpaired) electrons. The molecule has 0 spiro atoms. The van der Waals surface area contributed by atoms with Crippen LogP contribution in [-0.2, 0) is 16.1 Å². The lowest BCUT2D eigenvalue weighted by Crippen LogP contribution is -2.39. The van der Waals surface area contributed by atoms with Crippen LogP contribution in [0.15, 0.2) is 48.8 Å². The fraction of sp³-hybridized carbons (Fsp3) is 0.469. The van der Waals surface area contributed by atoms with Crippen molar-refractivity contribution in [2.45, 2.75) is 72.7 Å². The van der Waals surface area contributed by atoms with Gasteiger partial charge < -0.3 is 24.2 Å². The molecule has 0 amide bonds. The van der Waals surface area contributed by atoms with Gasteiger partial charge in [0.1, 0.15) is 18.1 Å². The quantitative estimate of drug-likeness (QED) is 0.320. The van der Waals surface area contributed by atoms with E-state index in [0.29, 0.717) is 29.3 Å². The predicted molar refractivity (Wildman–Crippen MR) is 156 cm³/mol. The number of hydrogen-bond donors (Lipinski definition) is 1. The van der Waals surface area contributed by atoms with Gasteiger partial charge in [0.05, 0.1) is 30.3 Å². The molecule has 4 rings (SSSR count). The van der Waals surface area contributed by atoms with Crippen molar-refractivity contribution in [2.75, 3.05) is 25.1 Å². The highest BCUT2D eigenvalue weighted by Gasteiger charge is 2.36. The first-order valence-electron chi connectivity index (χ1n) is 13.7. The third-order valence-corrected chi connectivity index (χ3v) is 7.23. The Morgan fingerprint density at radius 2 is 1.80 bits per heavy atom. The van der Waals surface area contributed by atoms with Crippen LogP contribution in [0.25, 0.3) is 11.3 Å². The molecule has 0 unspecified atom stereocenters. The van der Waals surface area contributed by atoms with E-state index in [1.807, 2.05) is 64.1 Å². The molecule has 1 aliphatic rings. The molecule has 1 atom stereocenters. The maximum atomic E-state index is 12.6. The fourth-order valence-electron chi connectivity index (χ4n) is 4.93. The Kier molecular flexibility index (Phi) is 8.68. The van der Waals surface area contributed by atoms with E-state index in [2.05, 4.69) is 23.7 Å². The number of aliphatic carboxylic acids is 1. The van der Waals surface area contributed by atoms with Crippen molar-refractivity contribution in [3.8, 4) is 22.8 Å². The Hall–Kier alpha value is -3.65. The Morgan fingerprint density at radius 1 is 1.07 bits per heavy atom. The molecule has 1 N–H and O–H groups in total. The van der Waals surface area contributed by atoms with Gasteiger partial charge in [-0.2, -0.15) is 0 Å². The second kappa shape index (κ2) is 11.8. The summed E-state index contributed by atoms with van der Waals surface area (Å²) in [5.74, 6) is 0.374.